The molecule has 0 saturated heterocycles. The van der Waals surface area contributed by atoms with Gasteiger partial charge in [0.05, 0.1) is 7.11 Å². The van der Waals surface area contributed by atoms with Gasteiger partial charge in [-0.05, 0) is 18.1 Å². The lowest BCUT2D eigenvalue weighted by Gasteiger charge is -2.15. The smallest absolute Gasteiger partial charge is 0.162 e. The molecule has 0 aromatic heterocycles. The van der Waals surface area contributed by atoms with Crippen molar-refractivity contribution in [2.75, 3.05) is 7.11 Å². The average molecular weight is 273 g/mol. The Labute approximate surface area is 97.2 Å². The molecule has 0 aliphatic rings. The van der Waals surface area contributed by atoms with Gasteiger partial charge in [0.1, 0.15) is 6.29 Å². The largest absolute Gasteiger partial charge is 0.504 e. The summed E-state index contributed by atoms with van der Waals surface area (Å²) in [5, 5.41) is 9.90. The molecule has 1 N–H and O–H groups in total. The molecular weight excluding hydrogens is 260 g/mol. The van der Waals surface area contributed by atoms with E-state index in [1.807, 2.05) is 6.92 Å². The Morgan fingerprint density at radius 1 is 1.60 bits per heavy atom. The fraction of sp³-hybridized carbons (Fsp3) is 0.364. The van der Waals surface area contributed by atoms with Crippen LogP contribution in [0, 0.1) is 0 Å². The molecule has 4 heteroatoms. The SMILES string of the molecule is COc1ccc(Br)c(C(C)CC=O)c1O. The van der Waals surface area contributed by atoms with Crippen molar-refractivity contribution in [3.8, 4) is 11.5 Å². The maximum absolute atomic E-state index is 10.4. The van der Waals surface area contributed by atoms with E-state index >= 15 is 0 Å². The van der Waals surface area contributed by atoms with Crippen molar-refractivity contribution in [2.24, 2.45) is 0 Å². The van der Waals surface area contributed by atoms with Crippen molar-refractivity contribution in [1.29, 1.82) is 0 Å². The number of methoxy groups -OCH3 is 1. The summed E-state index contributed by atoms with van der Waals surface area (Å²) in [7, 11) is 1.50. The molecular formula is C11H13BrO3. The Kier molecular flexibility index (Phi) is 4.15. The van der Waals surface area contributed by atoms with Crippen LogP contribution in [-0.4, -0.2) is 18.5 Å². The van der Waals surface area contributed by atoms with E-state index in [1.165, 1.54) is 7.11 Å². The van der Waals surface area contributed by atoms with Crippen molar-refractivity contribution < 1.29 is 14.6 Å². The summed E-state index contributed by atoms with van der Waals surface area (Å²) in [6.45, 7) is 1.88. The Balaban J connectivity index is 3.19. The molecule has 3 nitrogen and oxygen atoms in total. The Morgan fingerprint density at radius 2 is 2.27 bits per heavy atom. The summed E-state index contributed by atoms with van der Waals surface area (Å²) in [5.74, 6) is 0.485. The Hall–Kier alpha value is -1.03. The van der Waals surface area contributed by atoms with Gasteiger partial charge in [0.25, 0.3) is 0 Å². The molecule has 0 radical (unpaired) electrons. The number of phenols is 1. The van der Waals surface area contributed by atoms with E-state index < -0.39 is 0 Å². The molecule has 1 rings (SSSR count). The van der Waals surface area contributed by atoms with Crippen LogP contribution < -0.4 is 4.74 Å². The van der Waals surface area contributed by atoms with E-state index in [0.29, 0.717) is 17.7 Å². The molecule has 0 aliphatic heterocycles. The maximum Gasteiger partial charge on any atom is 0.162 e. The molecule has 0 heterocycles. The minimum absolute atomic E-state index is 0.0352. The van der Waals surface area contributed by atoms with Crippen LogP contribution in [0.3, 0.4) is 0 Å². The van der Waals surface area contributed by atoms with E-state index in [-0.39, 0.29) is 11.7 Å². The predicted molar refractivity (Wildman–Crippen MR) is 61.5 cm³/mol. The highest BCUT2D eigenvalue weighted by Crippen LogP contribution is 2.40. The number of ether oxygens (including phenoxy) is 1. The first-order valence-electron chi connectivity index (χ1n) is 4.60. The van der Waals surface area contributed by atoms with Gasteiger partial charge in [-0.1, -0.05) is 22.9 Å². The first-order valence-corrected chi connectivity index (χ1v) is 5.40. The molecule has 1 unspecified atom stereocenters. The van der Waals surface area contributed by atoms with E-state index in [4.69, 9.17) is 4.74 Å². The van der Waals surface area contributed by atoms with Gasteiger partial charge < -0.3 is 14.6 Å². The summed E-state index contributed by atoms with van der Waals surface area (Å²) in [6, 6.07) is 3.48. The van der Waals surface area contributed by atoms with E-state index in [9.17, 15) is 9.90 Å². The molecule has 15 heavy (non-hydrogen) atoms. The van der Waals surface area contributed by atoms with Crippen LogP contribution in [0.25, 0.3) is 0 Å². The highest BCUT2D eigenvalue weighted by molar-refractivity contribution is 9.10. The van der Waals surface area contributed by atoms with Gasteiger partial charge in [0, 0.05) is 16.5 Å². The van der Waals surface area contributed by atoms with Gasteiger partial charge in [-0.25, -0.2) is 0 Å². The minimum Gasteiger partial charge on any atom is -0.504 e. The zero-order chi connectivity index (χ0) is 11.4. The summed E-state index contributed by atoms with van der Waals surface area (Å²) in [5.41, 5.74) is 0.710. The third kappa shape index (κ3) is 2.50. The van der Waals surface area contributed by atoms with E-state index in [1.54, 1.807) is 12.1 Å². The second kappa shape index (κ2) is 5.16. The molecule has 0 aliphatic carbocycles. The molecule has 0 saturated carbocycles. The van der Waals surface area contributed by atoms with Gasteiger partial charge >= 0.3 is 0 Å². The van der Waals surface area contributed by atoms with Crippen LogP contribution in [0.15, 0.2) is 16.6 Å². The molecule has 1 atom stereocenters. The number of phenolic OH excluding ortho intramolecular Hbond substituents is 1. The minimum atomic E-state index is -0.0352. The summed E-state index contributed by atoms with van der Waals surface area (Å²) in [6.07, 6.45) is 1.22. The van der Waals surface area contributed by atoms with Crippen LogP contribution in [0.5, 0.6) is 11.5 Å². The van der Waals surface area contributed by atoms with Crippen molar-refractivity contribution in [3.05, 3.63) is 22.2 Å². The molecule has 0 fully saturated rings. The van der Waals surface area contributed by atoms with Crippen molar-refractivity contribution in [3.63, 3.8) is 0 Å². The van der Waals surface area contributed by atoms with Gasteiger partial charge in [0.15, 0.2) is 11.5 Å². The van der Waals surface area contributed by atoms with E-state index in [2.05, 4.69) is 15.9 Å². The highest BCUT2D eigenvalue weighted by Gasteiger charge is 2.17. The monoisotopic (exact) mass is 272 g/mol. The number of aldehydes is 1. The fourth-order valence-corrected chi connectivity index (χ4v) is 2.17. The topological polar surface area (TPSA) is 46.5 Å². The number of halogens is 1. The lowest BCUT2D eigenvalue weighted by molar-refractivity contribution is -0.108. The normalized spacial score (nSPS) is 12.2. The van der Waals surface area contributed by atoms with Gasteiger partial charge in [-0.15, -0.1) is 0 Å². The number of carbonyl (C=O) groups excluding carboxylic acids is 1. The quantitative estimate of drug-likeness (QED) is 0.858. The zero-order valence-electron chi connectivity index (χ0n) is 8.66. The van der Waals surface area contributed by atoms with Crippen molar-refractivity contribution >= 4 is 22.2 Å². The molecule has 0 spiro atoms. The fourth-order valence-electron chi connectivity index (χ4n) is 1.46. The van der Waals surface area contributed by atoms with Gasteiger partial charge in [0.2, 0.25) is 0 Å². The van der Waals surface area contributed by atoms with Crippen LogP contribution in [-0.2, 0) is 4.79 Å². The average Bonchev–Trinajstić information content (AvgIpc) is 2.18. The number of hydrogen-bond acceptors (Lipinski definition) is 3. The Bertz CT molecular complexity index is 363. The van der Waals surface area contributed by atoms with Crippen molar-refractivity contribution in [1.82, 2.24) is 0 Å². The van der Waals surface area contributed by atoms with Crippen LogP contribution >= 0.6 is 15.9 Å². The molecule has 82 valence electrons. The number of carbonyl (C=O) groups is 1. The molecule has 1 aromatic rings. The first kappa shape index (κ1) is 12.0. The molecule has 0 amide bonds. The number of hydrogen-bond donors (Lipinski definition) is 1. The number of benzene rings is 1. The summed E-state index contributed by atoms with van der Waals surface area (Å²) in [4.78, 5) is 10.4. The first-order chi connectivity index (χ1) is 7.11. The van der Waals surface area contributed by atoms with Gasteiger partial charge in [-0.2, -0.15) is 0 Å². The summed E-state index contributed by atoms with van der Waals surface area (Å²) >= 11 is 3.35. The molecule has 1 aromatic carbocycles. The third-order valence-corrected chi connectivity index (χ3v) is 2.98. The standard InChI is InChI=1S/C11H13BrO3/c1-7(5-6-13)10-8(12)3-4-9(15-2)11(10)14/h3-4,6-7,14H,5H2,1-2H3. The van der Waals surface area contributed by atoms with Gasteiger partial charge in [-0.3, -0.25) is 0 Å². The summed E-state index contributed by atoms with van der Waals surface area (Å²) < 4.78 is 5.80. The number of aromatic hydroxyl groups is 1. The van der Waals surface area contributed by atoms with E-state index in [0.717, 1.165) is 10.8 Å². The van der Waals surface area contributed by atoms with Crippen molar-refractivity contribution in [2.45, 2.75) is 19.3 Å². The van der Waals surface area contributed by atoms with Crippen LogP contribution in [0.2, 0.25) is 0 Å². The van der Waals surface area contributed by atoms with Crippen LogP contribution in [0.4, 0.5) is 0 Å². The lowest BCUT2D eigenvalue weighted by Crippen LogP contribution is -1.98. The second-order valence-electron chi connectivity index (χ2n) is 3.32. The lowest BCUT2D eigenvalue weighted by atomic mass is 9.97. The number of rotatable bonds is 4. The second-order valence-corrected chi connectivity index (χ2v) is 4.17. The molecule has 0 bridgehead atoms. The predicted octanol–water partition coefficient (Wildman–Crippen LogP) is 2.86. The highest BCUT2D eigenvalue weighted by atomic mass is 79.9. The Morgan fingerprint density at radius 3 is 2.80 bits per heavy atom. The third-order valence-electron chi connectivity index (χ3n) is 2.29. The zero-order valence-corrected chi connectivity index (χ0v) is 10.2. The maximum atomic E-state index is 10.4. The van der Waals surface area contributed by atoms with Crippen LogP contribution in [0.1, 0.15) is 24.8 Å².